The van der Waals surface area contributed by atoms with Crippen molar-refractivity contribution in [1.82, 2.24) is 9.97 Å². The van der Waals surface area contributed by atoms with Gasteiger partial charge in [-0.25, -0.2) is 9.78 Å². The van der Waals surface area contributed by atoms with Gasteiger partial charge in [-0.2, -0.15) is 4.98 Å². The number of anilines is 5. The van der Waals surface area contributed by atoms with Gasteiger partial charge in [0.2, 0.25) is 5.95 Å². The molecule has 0 saturated heterocycles. The molecule has 0 bridgehead atoms. The maximum absolute atomic E-state index is 12.4. The highest BCUT2D eigenvalue weighted by atomic mass is 16.5. The summed E-state index contributed by atoms with van der Waals surface area (Å²) in [5.74, 6) is 2.59. The second-order valence-electron chi connectivity index (χ2n) is 7.25. The molecule has 0 aliphatic heterocycles. The first-order chi connectivity index (χ1) is 15.9. The average Bonchev–Trinajstić information content (AvgIpc) is 2.80. The van der Waals surface area contributed by atoms with E-state index >= 15 is 0 Å². The number of ether oxygens (including phenoxy) is 2. The molecule has 3 aromatic rings. The maximum atomic E-state index is 12.4. The van der Waals surface area contributed by atoms with Crippen molar-refractivity contribution in [3.63, 3.8) is 0 Å². The molecule has 0 saturated carbocycles. The molecular weight excluding hydrogens is 420 g/mol. The van der Waals surface area contributed by atoms with Gasteiger partial charge in [-0.15, -0.1) is 0 Å². The lowest BCUT2D eigenvalue weighted by atomic mass is 10.2. The highest BCUT2D eigenvalue weighted by molar-refractivity contribution is 6.00. The van der Waals surface area contributed by atoms with E-state index in [0.29, 0.717) is 28.8 Å². The molecule has 0 aliphatic carbocycles. The van der Waals surface area contributed by atoms with Crippen molar-refractivity contribution in [1.29, 1.82) is 0 Å². The van der Waals surface area contributed by atoms with Gasteiger partial charge >= 0.3 is 6.03 Å². The Kier molecular flexibility index (Phi) is 7.91. The first-order valence-corrected chi connectivity index (χ1v) is 10.7. The van der Waals surface area contributed by atoms with Crippen LogP contribution in [0.25, 0.3) is 0 Å². The summed E-state index contributed by atoms with van der Waals surface area (Å²) in [6.45, 7) is 7.89. The van der Waals surface area contributed by atoms with Crippen LogP contribution in [-0.2, 0) is 0 Å². The third kappa shape index (κ3) is 6.49. The van der Waals surface area contributed by atoms with Crippen LogP contribution in [0.2, 0.25) is 0 Å². The first kappa shape index (κ1) is 23.6. The van der Waals surface area contributed by atoms with Crippen molar-refractivity contribution in [3.8, 4) is 11.5 Å². The lowest BCUT2D eigenvalue weighted by Gasteiger charge is -2.20. The standard InChI is InChI=1S/C24H30N6O3/c1-6-30(7-2)22-12-16(3)25-23(29-22)26-17-8-10-18(11-9-17)27-24(31)28-19-13-20(32-4)15-21(14-19)33-5/h8-15H,6-7H2,1-5H3,(H,25,26,29)(H2,27,28,31). The molecule has 0 radical (unpaired) electrons. The molecule has 2 aromatic carbocycles. The minimum absolute atomic E-state index is 0.378. The van der Waals surface area contributed by atoms with Crippen LogP contribution in [-0.4, -0.2) is 43.3 Å². The quantitative estimate of drug-likeness (QED) is 0.420. The maximum Gasteiger partial charge on any atom is 0.323 e. The number of urea groups is 1. The number of rotatable bonds is 9. The Hall–Kier alpha value is -4.01. The Labute approximate surface area is 194 Å². The van der Waals surface area contributed by atoms with E-state index in [0.717, 1.165) is 30.3 Å². The summed E-state index contributed by atoms with van der Waals surface area (Å²) < 4.78 is 10.5. The molecule has 33 heavy (non-hydrogen) atoms. The molecule has 1 heterocycles. The monoisotopic (exact) mass is 450 g/mol. The third-order valence-corrected chi connectivity index (χ3v) is 4.94. The Balaban J connectivity index is 1.64. The minimum Gasteiger partial charge on any atom is -0.497 e. The number of aromatic nitrogens is 2. The second kappa shape index (κ2) is 11.0. The van der Waals surface area contributed by atoms with Gasteiger partial charge < -0.3 is 30.3 Å². The van der Waals surface area contributed by atoms with Crippen molar-refractivity contribution in [2.75, 3.05) is 48.2 Å². The topological polar surface area (TPSA) is 101 Å². The van der Waals surface area contributed by atoms with Gasteiger partial charge in [0, 0.05) is 60.1 Å². The van der Waals surface area contributed by atoms with Gasteiger partial charge in [0.25, 0.3) is 0 Å². The zero-order chi connectivity index (χ0) is 23.8. The summed E-state index contributed by atoms with van der Waals surface area (Å²) in [5, 5.41) is 8.81. The van der Waals surface area contributed by atoms with Crippen molar-refractivity contribution in [2.45, 2.75) is 20.8 Å². The second-order valence-corrected chi connectivity index (χ2v) is 7.25. The fourth-order valence-electron chi connectivity index (χ4n) is 3.26. The summed E-state index contributed by atoms with van der Waals surface area (Å²) in [6.07, 6.45) is 0. The number of carbonyl (C=O) groups excluding carboxylic acids is 1. The number of nitrogens with zero attached hydrogens (tertiary/aromatic N) is 3. The number of hydrogen-bond acceptors (Lipinski definition) is 7. The molecular formula is C24H30N6O3. The van der Waals surface area contributed by atoms with Crippen molar-refractivity contribution in [3.05, 3.63) is 54.2 Å². The lowest BCUT2D eigenvalue weighted by Crippen LogP contribution is -2.23. The van der Waals surface area contributed by atoms with Gasteiger partial charge in [-0.05, 0) is 45.0 Å². The number of methoxy groups -OCH3 is 2. The summed E-state index contributed by atoms with van der Waals surface area (Å²) in [6, 6.07) is 14.1. The van der Waals surface area contributed by atoms with E-state index in [9.17, 15) is 4.79 Å². The minimum atomic E-state index is -0.378. The zero-order valence-electron chi connectivity index (χ0n) is 19.6. The summed E-state index contributed by atoms with van der Waals surface area (Å²) in [7, 11) is 3.11. The van der Waals surface area contributed by atoms with Crippen LogP contribution in [0.1, 0.15) is 19.5 Å². The van der Waals surface area contributed by atoms with Crippen molar-refractivity contribution >= 4 is 34.9 Å². The predicted octanol–water partition coefficient (Wildman–Crippen LogP) is 5.04. The molecule has 2 amide bonds. The molecule has 0 unspecified atom stereocenters. The Morgan fingerprint density at radius 2 is 1.42 bits per heavy atom. The van der Waals surface area contributed by atoms with E-state index in [1.165, 1.54) is 0 Å². The molecule has 9 nitrogen and oxygen atoms in total. The Morgan fingerprint density at radius 1 is 0.848 bits per heavy atom. The van der Waals surface area contributed by atoms with E-state index < -0.39 is 0 Å². The fourth-order valence-corrected chi connectivity index (χ4v) is 3.26. The summed E-state index contributed by atoms with van der Waals surface area (Å²) in [5.41, 5.74) is 2.90. The van der Waals surface area contributed by atoms with E-state index in [2.05, 4.69) is 44.7 Å². The van der Waals surface area contributed by atoms with Gasteiger partial charge in [0.1, 0.15) is 17.3 Å². The van der Waals surface area contributed by atoms with Crippen molar-refractivity contribution in [2.24, 2.45) is 0 Å². The van der Waals surface area contributed by atoms with E-state index in [4.69, 9.17) is 9.47 Å². The van der Waals surface area contributed by atoms with E-state index in [-0.39, 0.29) is 6.03 Å². The van der Waals surface area contributed by atoms with Crippen LogP contribution in [0.4, 0.5) is 33.6 Å². The number of aryl methyl sites for hydroxylation is 1. The van der Waals surface area contributed by atoms with Crippen LogP contribution >= 0.6 is 0 Å². The highest BCUT2D eigenvalue weighted by Crippen LogP contribution is 2.26. The molecule has 0 aliphatic rings. The molecule has 3 N–H and O–H groups in total. The van der Waals surface area contributed by atoms with Gasteiger partial charge in [0.05, 0.1) is 14.2 Å². The van der Waals surface area contributed by atoms with Crippen LogP contribution < -0.4 is 30.3 Å². The lowest BCUT2D eigenvalue weighted by molar-refractivity contribution is 0.262. The first-order valence-electron chi connectivity index (χ1n) is 10.7. The molecule has 0 fully saturated rings. The molecule has 9 heteroatoms. The summed E-state index contributed by atoms with van der Waals surface area (Å²) >= 11 is 0. The highest BCUT2D eigenvalue weighted by Gasteiger charge is 2.09. The van der Waals surface area contributed by atoms with Crippen LogP contribution in [0, 0.1) is 6.92 Å². The molecule has 0 atom stereocenters. The van der Waals surface area contributed by atoms with Crippen LogP contribution in [0.5, 0.6) is 11.5 Å². The third-order valence-electron chi connectivity index (χ3n) is 4.94. The number of carbonyl (C=O) groups is 1. The molecule has 0 spiro atoms. The van der Waals surface area contributed by atoms with E-state index in [1.54, 1.807) is 44.6 Å². The Bertz CT molecular complexity index is 1060. The van der Waals surface area contributed by atoms with E-state index in [1.807, 2.05) is 25.1 Å². The fraction of sp³-hybridized carbons (Fsp3) is 0.292. The smallest absolute Gasteiger partial charge is 0.323 e. The Morgan fingerprint density at radius 3 is 2.00 bits per heavy atom. The van der Waals surface area contributed by atoms with Crippen LogP contribution in [0.3, 0.4) is 0 Å². The molecule has 3 rings (SSSR count). The number of hydrogen-bond donors (Lipinski definition) is 3. The number of benzene rings is 2. The van der Waals surface area contributed by atoms with Crippen molar-refractivity contribution < 1.29 is 14.3 Å². The average molecular weight is 451 g/mol. The number of amides is 2. The normalized spacial score (nSPS) is 10.3. The molecule has 174 valence electrons. The van der Waals surface area contributed by atoms with Gasteiger partial charge in [-0.3, -0.25) is 0 Å². The number of nitrogens with one attached hydrogen (secondary N) is 3. The summed E-state index contributed by atoms with van der Waals surface area (Å²) in [4.78, 5) is 23.7. The molecule has 1 aromatic heterocycles. The largest absolute Gasteiger partial charge is 0.497 e. The SMILES string of the molecule is CCN(CC)c1cc(C)nc(Nc2ccc(NC(=O)Nc3cc(OC)cc(OC)c3)cc2)n1. The predicted molar refractivity (Wildman–Crippen MR) is 132 cm³/mol. The van der Waals surface area contributed by atoms with Crippen LogP contribution in [0.15, 0.2) is 48.5 Å². The van der Waals surface area contributed by atoms with Gasteiger partial charge in [0.15, 0.2) is 0 Å². The zero-order valence-corrected chi connectivity index (χ0v) is 19.6. The van der Waals surface area contributed by atoms with Gasteiger partial charge in [-0.1, -0.05) is 0 Å².